The van der Waals surface area contributed by atoms with E-state index in [1.165, 1.54) is 0 Å². The zero-order chi connectivity index (χ0) is 30.8. The fourth-order valence-corrected chi connectivity index (χ4v) is 6.44. The molecule has 0 radical (unpaired) electrons. The highest BCUT2D eigenvalue weighted by atomic mass is 16.5. The molecule has 1 N–H and O–H groups in total. The largest absolute Gasteiger partial charge is 0.376 e. The highest BCUT2D eigenvalue weighted by molar-refractivity contribution is 6.08. The standard InChI is InChI=1S/C35H35N7O3/c1-2-40-30-13-5-3-11-27(30)28-19-25(15-16-31(28)40)34(35(44)37-21-26-10-8-18-45-26)41(22-24-9-7-17-36-20-24)33(43)23-42-32-14-6-4-12-29(32)38-39-42/h3-7,9,11-17,19-20,26,34H,2,8,10,18,21-23H2,1H3,(H,37,44)/t26-,34+/m0/s1. The molecule has 3 aromatic heterocycles. The van der Waals surface area contributed by atoms with Crippen LogP contribution in [0.1, 0.15) is 36.9 Å². The van der Waals surface area contributed by atoms with Gasteiger partial charge in [0.2, 0.25) is 11.8 Å². The minimum Gasteiger partial charge on any atom is -0.376 e. The van der Waals surface area contributed by atoms with E-state index in [-0.39, 0.29) is 31.0 Å². The molecule has 1 fully saturated rings. The van der Waals surface area contributed by atoms with E-state index in [4.69, 9.17) is 4.74 Å². The number of aryl methyl sites for hydroxylation is 1. The average Bonchev–Trinajstić information content (AvgIpc) is 3.82. The molecule has 0 bridgehead atoms. The van der Waals surface area contributed by atoms with Crippen LogP contribution >= 0.6 is 0 Å². The first-order valence-corrected chi connectivity index (χ1v) is 15.5. The summed E-state index contributed by atoms with van der Waals surface area (Å²) in [6.45, 7) is 4.13. The van der Waals surface area contributed by atoms with E-state index in [1.807, 2.05) is 54.6 Å². The van der Waals surface area contributed by atoms with E-state index < -0.39 is 6.04 Å². The van der Waals surface area contributed by atoms with Gasteiger partial charge < -0.3 is 19.5 Å². The van der Waals surface area contributed by atoms with Gasteiger partial charge in [-0.1, -0.05) is 47.7 Å². The molecular weight excluding hydrogens is 566 g/mol. The van der Waals surface area contributed by atoms with Crippen molar-refractivity contribution in [1.29, 1.82) is 0 Å². The van der Waals surface area contributed by atoms with Crippen LogP contribution in [0.25, 0.3) is 32.8 Å². The normalized spacial score (nSPS) is 15.5. The second-order valence-corrected chi connectivity index (χ2v) is 11.4. The van der Waals surface area contributed by atoms with E-state index in [9.17, 15) is 9.59 Å². The number of pyridine rings is 1. The van der Waals surface area contributed by atoms with Gasteiger partial charge in [-0.3, -0.25) is 14.6 Å². The summed E-state index contributed by atoms with van der Waals surface area (Å²) in [4.78, 5) is 34.6. The Morgan fingerprint density at radius 1 is 1.00 bits per heavy atom. The van der Waals surface area contributed by atoms with Gasteiger partial charge in [0.15, 0.2) is 0 Å². The third-order valence-corrected chi connectivity index (χ3v) is 8.62. The highest BCUT2D eigenvalue weighted by Crippen LogP contribution is 2.33. The Bertz CT molecular complexity index is 1980. The van der Waals surface area contributed by atoms with Crippen LogP contribution in [0.5, 0.6) is 0 Å². The zero-order valence-electron chi connectivity index (χ0n) is 25.2. The van der Waals surface area contributed by atoms with Crippen molar-refractivity contribution >= 4 is 44.7 Å². The number of carbonyl (C=O) groups excluding carboxylic acids is 2. The number of aromatic nitrogens is 5. The van der Waals surface area contributed by atoms with E-state index in [2.05, 4.69) is 56.4 Å². The monoisotopic (exact) mass is 601 g/mol. The molecule has 4 heterocycles. The Balaban J connectivity index is 1.33. The SMILES string of the molecule is CCn1c2ccccc2c2cc([C@H](C(=O)NC[C@@H]3CCCO3)N(Cc3cccnc3)C(=O)Cn3nnc4ccccc43)ccc21. The smallest absolute Gasteiger partial charge is 0.247 e. The number of ether oxygens (including phenoxy) is 1. The molecule has 1 saturated heterocycles. The van der Waals surface area contributed by atoms with Crippen LogP contribution in [0.15, 0.2) is 91.3 Å². The number of nitrogens with zero attached hydrogens (tertiary/aromatic N) is 6. The van der Waals surface area contributed by atoms with Crippen molar-refractivity contribution in [1.82, 2.24) is 34.8 Å². The highest BCUT2D eigenvalue weighted by Gasteiger charge is 2.33. The fourth-order valence-electron chi connectivity index (χ4n) is 6.44. The number of rotatable bonds is 10. The van der Waals surface area contributed by atoms with Gasteiger partial charge >= 0.3 is 0 Å². The zero-order valence-corrected chi connectivity index (χ0v) is 25.2. The number of hydrogen-bond donors (Lipinski definition) is 1. The third-order valence-electron chi connectivity index (χ3n) is 8.62. The molecule has 1 aliphatic heterocycles. The number of hydrogen-bond acceptors (Lipinski definition) is 6. The van der Waals surface area contributed by atoms with Gasteiger partial charge in [-0.15, -0.1) is 5.10 Å². The first-order chi connectivity index (χ1) is 22.1. The molecule has 10 nitrogen and oxygen atoms in total. The minimum atomic E-state index is -0.915. The molecule has 0 spiro atoms. The van der Waals surface area contributed by atoms with Crippen molar-refractivity contribution in [3.63, 3.8) is 0 Å². The predicted octanol–water partition coefficient (Wildman–Crippen LogP) is 5.02. The fraction of sp³-hybridized carbons (Fsp3) is 0.286. The number of para-hydroxylation sites is 2. The van der Waals surface area contributed by atoms with Gasteiger partial charge in [0.25, 0.3) is 0 Å². The van der Waals surface area contributed by atoms with Gasteiger partial charge in [-0.2, -0.15) is 0 Å². The molecule has 45 heavy (non-hydrogen) atoms. The number of carbonyl (C=O) groups is 2. The average molecular weight is 602 g/mol. The molecule has 2 atom stereocenters. The Hall–Kier alpha value is -5.09. The van der Waals surface area contributed by atoms with E-state index in [0.717, 1.165) is 57.8 Å². The molecule has 0 aliphatic carbocycles. The summed E-state index contributed by atoms with van der Waals surface area (Å²) in [5.74, 6) is -0.521. The molecule has 228 valence electrons. The van der Waals surface area contributed by atoms with Gasteiger partial charge in [0.1, 0.15) is 18.1 Å². The summed E-state index contributed by atoms with van der Waals surface area (Å²) < 4.78 is 9.66. The molecule has 0 saturated carbocycles. The van der Waals surface area contributed by atoms with Gasteiger partial charge in [-0.25, -0.2) is 4.68 Å². The Morgan fingerprint density at radius 2 is 1.82 bits per heavy atom. The first kappa shape index (κ1) is 28.7. The number of benzene rings is 3. The van der Waals surface area contributed by atoms with E-state index in [0.29, 0.717) is 18.7 Å². The van der Waals surface area contributed by atoms with Crippen LogP contribution in [0, 0.1) is 0 Å². The molecule has 7 rings (SSSR count). The van der Waals surface area contributed by atoms with Gasteiger partial charge in [0, 0.05) is 60.4 Å². The van der Waals surface area contributed by atoms with Crippen molar-refractivity contribution in [3.8, 4) is 0 Å². The maximum atomic E-state index is 14.4. The van der Waals surface area contributed by atoms with Crippen LogP contribution in [0.2, 0.25) is 0 Å². The van der Waals surface area contributed by atoms with Crippen LogP contribution in [0.4, 0.5) is 0 Å². The summed E-state index contributed by atoms with van der Waals surface area (Å²) in [6, 6.07) is 24.7. The number of nitrogens with one attached hydrogen (secondary N) is 1. The molecule has 10 heteroatoms. The molecule has 0 unspecified atom stereocenters. The third kappa shape index (κ3) is 5.64. The maximum absolute atomic E-state index is 14.4. The Morgan fingerprint density at radius 3 is 2.62 bits per heavy atom. The summed E-state index contributed by atoms with van der Waals surface area (Å²) in [5, 5.41) is 13.8. The molecule has 2 amide bonds. The lowest BCUT2D eigenvalue weighted by Gasteiger charge is -2.32. The second-order valence-electron chi connectivity index (χ2n) is 11.4. The van der Waals surface area contributed by atoms with E-state index >= 15 is 0 Å². The van der Waals surface area contributed by atoms with Gasteiger partial charge in [0.05, 0.1) is 11.6 Å². The van der Waals surface area contributed by atoms with Crippen LogP contribution in [-0.2, 0) is 34.0 Å². The molecule has 6 aromatic rings. The molecule has 3 aromatic carbocycles. The molecule has 1 aliphatic rings. The Kier molecular flexibility index (Phi) is 7.96. The first-order valence-electron chi connectivity index (χ1n) is 15.5. The quantitative estimate of drug-likeness (QED) is 0.236. The topological polar surface area (TPSA) is 107 Å². The van der Waals surface area contributed by atoms with Crippen molar-refractivity contribution in [2.75, 3.05) is 13.2 Å². The van der Waals surface area contributed by atoms with Crippen LogP contribution < -0.4 is 5.32 Å². The Labute approximate surface area is 260 Å². The van der Waals surface area contributed by atoms with Crippen molar-refractivity contribution in [3.05, 3.63) is 102 Å². The summed E-state index contributed by atoms with van der Waals surface area (Å²) >= 11 is 0. The maximum Gasteiger partial charge on any atom is 0.247 e. The van der Waals surface area contributed by atoms with Gasteiger partial charge in [-0.05, 0) is 67.3 Å². The van der Waals surface area contributed by atoms with Crippen molar-refractivity contribution < 1.29 is 14.3 Å². The molecular formula is C35H35N7O3. The lowest BCUT2D eigenvalue weighted by Crippen LogP contribution is -2.46. The van der Waals surface area contributed by atoms with Crippen LogP contribution in [0.3, 0.4) is 0 Å². The summed E-state index contributed by atoms with van der Waals surface area (Å²) in [7, 11) is 0. The number of amides is 2. The van der Waals surface area contributed by atoms with Crippen LogP contribution in [-0.4, -0.2) is 60.5 Å². The predicted molar refractivity (Wildman–Crippen MR) is 172 cm³/mol. The lowest BCUT2D eigenvalue weighted by molar-refractivity contribution is -0.142. The van der Waals surface area contributed by atoms with Crippen molar-refractivity contribution in [2.24, 2.45) is 0 Å². The number of fused-ring (bicyclic) bond motifs is 4. The van der Waals surface area contributed by atoms with E-state index in [1.54, 1.807) is 22.0 Å². The second kappa shape index (κ2) is 12.5. The lowest BCUT2D eigenvalue weighted by atomic mass is 10.00. The summed E-state index contributed by atoms with van der Waals surface area (Å²) in [5.41, 5.74) is 5.21. The minimum absolute atomic E-state index is 0.0383. The van der Waals surface area contributed by atoms with Crippen molar-refractivity contribution in [2.45, 2.75) is 51.5 Å². The summed E-state index contributed by atoms with van der Waals surface area (Å²) in [6.07, 6.45) is 5.25.